The van der Waals surface area contributed by atoms with Gasteiger partial charge in [-0.3, -0.25) is 4.79 Å². The van der Waals surface area contributed by atoms with E-state index in [0.29, 0.717) is 13.0 Å². The van der Waals surface area contributed by atoms with Gasteiger partial charge in [0.1, 0.15) is 0 Å². The molecule has 4 nitrogen and oxygen atoms in total. The molecule has 1 atom stereocenters. The van der Waals surface area contributed by atoms with Gasteiger partial charge in [-0.05, 0) is 38.8 Å². The van der Waals surface area contributed by atoms with Crippen LogP contribution in [0.25, 0.3) is 0 Å². The molecule has 1 aliphatic heterocycles. The highest BCUT2D eigenvalue weighted by molar-refractivity contribution is 5.75. The Bertz CT molecular complexity index is 196. The molecule has 1 rings (SSSR count). The van der Waals surface area contributed by atoms with Crippen LogP contribution in [0.2, 0.25) is 0 Å². The number of rotatable bonds is 5. The number of piperidine rings is 1. The summed E-state index contributed by atoms with van der Waals surface area (Å²) >= 11 is 0. The minimum Gasteiger partial charge on any atom is -0.356 e. The lowest BCUT2D eigenvalue weighted by molar-refractivity contribution is -0.120. The molecule has 1 saturated heterocycles. The van der Waals surface area contributed by atoms with Crippen LogP contribution in [0.3, 0.4) is 0 Å². The molecule has 1 amide bonds. The van der Waals surface area contributed by atoms with Gasteiger partial charge in [-0.1, -0.05) is 0 Å². The van der Waals surface area contributed by atoms with E-state index in [1.165, 1.54) is 25.9 Å². The van der Waals surface area contributed by atoms with Gasteiger partial charge in [0.25, 0.3) is 0 Å². The molecule has 15 heavy (non-hydrogen) atoms. The molecule has 1 heterocycles. The Kier molecular flexibility index (Phi) is 5.65. The number of amides is 1. The first-order chi connectivity index (χ1) is 7.22. The maximum atomic E-state index is 11.1. The van der Waals surface area contributed by atoms with Crippen molar-refractivity contribution >= 4 is 5.91 Å². The summed E-state index contributed by atoms with van der Waals surface area (Å²) in [4.78, 5) is 13.5. The first kappa shape index (κ1) is 12.5. The molecule has 0 radical (unpaired) electrons. The minimum atomic E-state index is 0.0849. The van der Waals surface area contributed by atoms with Gasteiger partial charge < -0.3 is 16.0 Å². The van der Waals surface area contributed by atoms with Gasteiger partial charge in [0.15, 0.2) is 0 Å². The van der Waals surface area contributed by atoms with Gasteiger partial charge in [0, 0.05) is 26.1 Å². The molecule has 88 valence electrons. The van der Waals surface area contributed by atoms with Gasteiger partial charge in [0.05, 0.1) is 0 Å². The maximum Gasteiger partial charge on any atom is 0.221 e. The summed E-state index contributed by atoms with van der Waals surface area (Å²) in [5, 5.41) is 2.91. The summed E-state index contributed by atoms with van der Waals surface area (Å²) in [7, 11) is 2.17. The number of carbonyl (C=O) groups excluding carboxylic acids is 1. The van der Waals surface area contributed by atoms with Crippen LogP contribution in [0.5, 0.6) is 0 Å². The van der Waals surface area contributed by atoms with E-state index in [1.807, 2.05) is 0 Å². The van der Waals surface area contributed by atoms with E-state index >= 15 is 0 Å². The SMILES string of the molecule is CN1CCCC(CCNC(=O)CCN)C1. The minimum absolute atomic E-state index is 0.0849. The second-order valence-corrected chi connectivity index (χ2v) is 4.45. The number of nitrogens with one attached hydrogen (secondary N) is 1. The Hall–Kier alpha value is -0.610. The van der Waals surface area contributed by atoms with Gasteiger partial charge in [-0.2, -0.15) is 0 Å². The quantitative estimate of drug-likeness (QED) is 0.685. The molecule has 3 N–H and O–H groups in total. The average Bonchev–Trinajstić information content (AvgIpc) is 2.18. The zero-order valence-corrected chi connectivity index (χ0v) is 9.67. The zero-order valence-electron chi connectivity index (χ0n) is 9.67. The van der Waals surface area contributed by atoms with Gasteiger partial charge in [-0.25, -0.2) is 0 Å². The van der Waals surface area contributed by atoms with E-state index in [4.69, 9.17) is 5.73 Å². The molecular weight excluding hydrogens is 190 g/mol. The van der Waals surface area contributed by atoms with E-state index < -0.39 is 0 Å². The van der Waals surface area contributed by atoms with Crippen molar-refractivity contribution in [2.45, 2.75) is 25.7 Å². The van der Waals surface area contributed by atoms with E-state index in [1.54, 1.807) is 0 Å². The van der Waals surface area contributed by atoms with Gasteiger partial charge in [0.2, 0.25) is 5.91 Å². The fraction of sp³-hybridized carbons (Fsp3) is 0.909. The van der Waals surface area contributed by atoms with E-state index in [0.717, 1.165) is 18.9 Å². The Morgan fingerprint density at radius 1 is 1.60 bits per heavy atom. The topological polar surface area (TPSA) is 58.4 Å². The summed E-state index contributed by atoms with van der Waals surface area (Å²) < 4.78 is 0. The third-order valence-electron chi connectivity index (χ3n) is 2.97. The first-order valence-corrected chi connectivity index (χ1v) is 5.87. The normalized spacial score (nSPS) is 22.7. The van der Waals surface area contributed by atoms with Crippen LogP contribution in [0.15, 0.2) is 0 Å². The van der Waals surface area contributed by atoms with E-state index in [-0.39, 0.29) is 5.91 Å². The lowest BCUT2D eigenvalue weighted by Crippen LogP contribution is -2.34. The lowest BCUT2D eigenvalue weighted by atomic mass is 9.95. The number of nitrogens with zero attached hydrogens (tertiary/aromatic N) is 1. The van der Waals surface area contributed by atoms with Crippen molar-refractivity contribution < 1.29 is 4.79 Å². The molecule has 0 aliphatic carbocycles. The standard InChI is InChI=1S/C11H23N3O/c1-14-8-2-3-10(9-14)5-7-13-11(15)4-6-12/h10H,2-9,12H2,1H3,(H,13,15). The number of hydrogen-bond donors (Lipinski definition) is 2. The third-order valence-corrected chi connectivity index (χ3v) is 2.97. The molecule has 0 bridgehead atoms. The predicted molar refractivity (Wildman–Crippen MR) is 61.5 cm³/mol. The highest BCUT2D eigenvalue weighted by Gasteiger charge is 2.16. The van der Waals surface area contributed by atoms with Crippen LogP contribution >= 0.6 is 0 Å². The highest BCUT2D eigenvalue weighted by atomic mass is 16.1. The zero-order chi connectivity index (χ0) is 11.1. The summed E-state index contributed by atoms with van der Waals surface area (Å²) in [6, 6.07) is 0. The number of nitrogens with two attached hydrogens (primary N) is 1. The maximum absolute atomic E-state index is 11.1. The smallest absolute Gasteiger partial charge is 0.221 e. The second kappa shape index (κ2) is 6.80. The fourth-order valence-electron chi connectivity index (χ4n) is 2.14. The van der Waals surface area contributed by atoms with Crippen molar-refractivity contribution in [2.75, 3.05) is 33.2 Å². The lowest BCUT2D eigenvalue weighted by Gasteiger charge is -2.29. The summed E-state index contributed by atoms with van der Waals surface area (Å²) in [5.41, 5.74) is 5.29. The molecule has 0 spiro atoms. The fourth-order valence-corrected chi connectivity index (χ4v) is 2.14. The van der Waals surface area contributed by atoms with Crippen LogP contribution < -0.4 is 11.1 Å². The number of hydrogen-bond acceptors (Lipinski definition) is 3. The molecule has 1 aliphatic rings. The molecule has 1 unspecified atom stereocenters. The van der Waals surface area contributed by atoms with Crippen LogP contribution in [0.1, 0.15) is 25.7 Å². The van der Waals surface area contributed by atoms with Crippen LogP contribution in [0, 0.1) is 5.92 Å². The molecule has 1 fully saturated rings. The van der Waals surface area contributed by atoms with Crippen LogP contribution in [0.4, 0.5) is 0 Å². The molecule has 0 saturated carbocycles. The van der Waals surface area contributed by atoms with Crippen molar-refractivity contribution in [2.24, 2.45) is 11.7 Å². The first-order valence-electron chi connectivity index (χ1n) is 5.87. The molecular formula is C11H23N3O. The van der Waals surface area contributed by atoms with Crippen molar-refractivity contribution in [3.05, 3.63) is 0 Å². The Morgan fingerprint density at radius 2 is 2.40 bits per heavy atom. The largest absolute Gasteiger partial charge is 0.356 e. The summed E-state index contributed by atoms with van der Waals surface area (Å²) in [6.45, 7) is 3.64. The van der Waals surface area contributed by atoms with Crippen LogP contribution in [-0.4, -0.2) is 44.0 Å². The van der Waals surface area contributed by atoms with Gasteiger partial charge >= 0.3 is 0 Å². The molecule has 0 aromatic carbocycles. The van der Waals surface area contributed by atoms with E-state index in [2.05, 4.69) is 17.3 Å². The van der Waals surface area contributed by atoms with Crippen molar-refractivity contribution in [1.82, 2.24) is 10.2 Å². The van der Waals surface area contributed by atoms with Crippen molar-refractivity contribution in [3.8, 4) is 0 Å². The third kappa shape index (κ3) is 5.14. The number of carbonyl (C=O) groups is 1. The van der Waals surface area contributed by atoms with Gasteiger partial charge in [-0.15, -0.1) is 0 Å². The molecule has 0 aromatic heterocycles. The van der Waals surface area contributed by atoms with Crippen molar-refractivity contribution in [3.63, 3.8) is 0 Å². The molecule has 4 heteroatoms. The van der Waals surface area contributed by atoms with Crippen LogP contribution in [-0.2, 0) is 4.79 Å². The monoisotopic (exact) mass is 213 g/mol. The average molecular weight is 213 g/mol. The summed E-state index contributed by atoms with van der Waals surface area (Å²) in [6.07, 6.45) is 4.14. The Balaban J connectivity index is 2.06. The number of likely N-dealkylation sites (tertiary alicyclic amines) is 1. The second-order valence-electron chi connectivity index (χ2n) is 4.45. The molecule has 0 aromatic rings. The van der Waals surface area contributed by atoms with E-state index in [9.17, 15) is 4.79 Å². The Morgan fingerprint density at radius 3 is 3.07 bits per heavy atom. The Labute approximate surface area is 92.2 Å². The highest BCUT2D eigenvalue weighted by Crippen LogP contribution is 2.17. The summed E-state index contributed by atoms with van der Waals surface area (Å²) in [5.74, 6) is 0.837. The predicted octanol–water partition coefficient (Wildman–Crippen LogP) is 0.183. The van der Waals surface area contributed by atoms with Crippen molar-refractivity contribution in [1.29, 1.82) is 0 Å².